The first kappa shape index (κ1) is 14.6. The summed E-state index contributed by atoms with van der Waals surface area (Å²) in [6.45, 7) is 2.76. The van der Waals surface area contributed by atoms with Crippen molar-refractivity contribution in [1.82, 2.24) is 19.5 Å². The fourth-order valence-electron chi connectivity index (χ4n) is 2.75. The Hall–Kier alpha value is -2.93. The highest BCUT2D eigenvalue weighted by molar-refractivity contribution is 7.09. The third-order valence-corrected chi connectivity index (χ3v) is 4.70. The van der Waals surface area contributed by atoms with Crippen LogP contribution in [0.2, 0.25) is 0 Å². The summed E-state index contributed by atoms with van der Waals surface area (Å²) >= 11 is 1.73. The molecule has 0 aromatic carbocycles. The van der Waals surface area contributed by atoms with Crippen LogP contribution in [0.1, 0.15) is 10.7 Å². The molecule has 0 saturated heterocycles. The fourth-order valence-corrected chi connectivity index (χ4v) is 3.44. The summed E-state index contributed by atoms with van der Waals surface area (Å²) in [5.41, 5.74) is 15.0. The largest absolute Gasteiger partial charge is 0.384 e. The van der Waals surface area contributed by atoms with Gasteiger partial charge in [-0.2, -0.15) is 0 Å². The molecular formula is C17H16N6S. The van der Waals surface area contributed by atoms with Gasteiger partial charge in [0.1, 0.15) is 23.0 Å². The van der Waals surface area contributed by atoms with Gasteiger partial charge in [-0.1, -0.05) is 6.07 Å². The van der Waals surface area contributed by atoms with Gasteiger partial charge in [-0.3, -0.25) is 0 Å². The van der Waals surface area contributed by atoms with E-state index in [1.807, 2.05) is 19.1 Å². The smallest absolute Gasteiger partial charge is 0.160 e. The van der Waals surface area contributed by atoms with Crippen molar-refractivity contribution in [2.24, 2.45) is 0 Å². The highest BCUT2D eigenvalue weighted by Crippen LogP contribution is 2.25. The summed E-state index contributed by atoms with van der Waals surface area (Å²) < 4.78 is 2.12. The average molecular weight is 336 g/mol. The van der Waals surface area contributed by atoms with Crippen molar-refractivity contribution >= 4 is 34.1 Å². The molecule has 6 nitrogen and oxygen atoms in total. The molecule has 0 atom stereocenters. The van der Waals surface area contributed by atoms with Crippen molar-refractivity contribution in [2.45, 2.75) is 13.5 Å². The first-order valence-electron chi connectivity index (χ1n) is 7.50. The van der Waals surface area contributed by atoms with Crippen LogP contribution in [-0.2, 0) is 6.54 Å². The molecule has 0 spiro atoms. The number of rotatable bonds is 3. The molecule has 0 radical (unpaired) electrons. The Morgan fingerprint density at radius 1 is 1.04 bits per heavy atom. The number of aromatic nitrogens is 4. The molecule has 0 bridgehead atoms. The fraction of sp³-hybridized carbons (Fsp3) is 0.118. The van der Waals surface area contributed by atoms with E-state index >= 15 is 0 Å². The molecular weight excluding hydrogens is 320 g/mol. The molecule has 4 heterocycles. The second-order valence-electron chi connectivity index (χ2n) is 5.57. The van der Waals surface area contributed by atoms with Gasteiger partial charge in [0.2, 0.25) is 0 Å². The molecule has 0 fully saturated rings. The summed E-state index contributed by atoms with van der Waals surface area (Å²) in [6.07, 6.45) is 0. The minimum absolute atomic E-state index is 0.384. The normalized spacial score (nSPS) is 11.2. The number of aryl methyl sites for hydroxylation is 1. The molecule has 0 aliphatic carbocycles. The molecule has 4 rings (SSSR count). The van der Waals surface area contributed by atoms with E-state index in [0.717, 1.165) is 34.8 Å². The van der Waals surface area contributed by atoms with Crippen molar-refractivity contribution in [3.05, 3.63) is 52.5 Å². The van der Waals surface area contributed by atoms with Crippen LogP contribution < -0.4 is 11.5 Å². The van der Waals surface area contributed by atoms with E-state index < -0.39 is 0 Å². The number of nitrogens with zero attached hydrogens (tertiary/aromatic N) is 4. The van der Waals surface area contributed by atoms with Crippen LogP contribution in [0.4, 0.5) is 11.6 Å². The Morgan fingerprint density at radius 3 is 2.54 bits per heavy atom. The zero-order chi connectivity index (χ0) is 16.7. The summed E-state index contributed by atoms with van der Waals surface area (Å²) in [6, 6.07) is 11.6. The van der Waals surface area contributed by atoms with Crippen LogP contribution in [0.25, 0.3) is 22.4 Å². The molecule has 4 N–H and O–H groups in total. The van der Waals surface area contributed by atoms with Crippen LogP contribution in [0.5, 0.6) is 0 Å². The lowest BCUT2D eigenvalue weighted by Gasteiger charge is -2.07. The van der Waals surface area contributed by atoms with E-state index in [0.29, 0.717) is 11.6 Å². The van der Waals surface area contributed by atoms with Gasteiger partial charge in [0, 0.05) is 10.4 Å². The molecule has 7 heteroatoms. The SMILES string of the molecule is Cc1nc2ccc(-c3cc(N)nc(N)c3)nc2n1Cc1cccs1. The van der Waals surface area contributed by atoms with Gasteiger partial charge in [0.05, 0.1) is 12.2 Å². The van der Waals surface area contributed by atoms with Gasteiger partial charge >= 0.3 is 0 Å². The predicted molar refractivity (Wildman–Crippen MR) is 97.7 cm³/mol. The second-order valence-corrected chi connectivity index (χ2v) is 6.60. The first-order chi connectivity index (χ1) is 11.6. The molecule has 24 heavy (non-hydrogen) atoms. The Balaban J connectivity index is 1.84. The number of fused-ring (bicyclic) bond motifs is 1. The summed E-state index contributed by atoms with van der Waals surface area (Å²) in [5.74, 6) is 1.71. The Labute approximate surface area is 142 Å². The lowest BCUT2D eigenvalue weighted by molar-refractivity contribution is 0.788. The number of thiophene rings is 1. The molecule has 0 amide bonds. The zero-order valence-corrected chi connectivity index (χ0v) is 13.9. The van der Waals surface area contributed by atoms with E-state index in [4.69, 9.17) is 16.5 Å². The molecule has 4 aromatic heterocycles. The van der Waals surface area contributed by atoms with E-state index in [1.54, 1.807) is 23.5 Å². The van der Waals surface area contributed by atoms with Crippen LogP contribution in [0.15, 0.2) is 41.8 Å². The maximum Gasteiger partial charge on any atom is 0.160 e. The third-order valence-electron chi connectivity index (χ3n) is 3.84. The van der Waals surface area contributed by atoms with E-state index in [2.05, 4.69) is 32.0 Å². The summed E-state index contributed by atoms with van der Waals surface area (Å²) in [4.78, 5) is 14.7. The van der Waals surface area contributed by atoms with E-state index in [1.165, 1.54) is 4.88 Å². The van der Waals surface area contributed by atoms with E-state index in [9.17, 15) is 0 Å². The van der Waals surface area contributed by atoms with Gasteiger partial charge in [-0.05, 0) is 42.6 Å². The molecule has 0 aliphatic rings. The molecule has 0 unspecified atom stereocenters. The zero-order valence-electron chi connectivity index (χ0n) is 13.1. The van der Waals surface area contributed by atoms with Gasteiger partial charge in [0.25, 0.3) is 0 Å². The number of imidazole rings is 1. The molecule has 120 valence electrons. The van der Waals surface area contributed by atoms with Crippen LogP contribution in [-0.4, -0.2) is 19.5 Å². The standard InChI is InChI=1S/C17H16N6S/c1-10-20-14-5-4-13(11-7-15(18)22-16(19)8-11)21-17(14)23(10)9-12-3-2-6-24-12/h2-8H,9H2,1H3,(H4,18,19,22). The van der Waals surface area contributed by atoms with Crippen LogP contribution in [0.3, 0.4) is 0 Å². The maximum atomic E-state index is 5.80. The monoisotopic (exact) mass is 336 g/mol. The Kier molecular flexibility index (Phi) is 3.42. The number of pyridine rings is 2. The number of hydrogen-bond donors (Lipinski definition) is 2. The van der Waals surface area contributed by atoms with Gasteiger partial charge in [-0.15, -0.1) is 11.3 Å². The number of anilines is 2. The van der Waals surface area contributed by atoms with Crippen LogP contribution in [0, 0.1) is 6.92 Å². The summed E-state index contributed by atoms with van der Waals surface area (Å²) in [5, 5.41) is 2.07. The quantitative estimate of drug-likeness (QED) is 0.599. The van der Waals surface area contributed by atoms with Gasteiger partial charge in [0.15, 0.2) is 5.65 Å². The summed E-state index contributed by atoms with van der Waals surface area (Å²) in [7, 11) is 0. The highest BCUT2D eigenvalue weighted by Gasteiger charge is 2.12. The number of nitrogen functional groups attached to an aromatic ring is 2. The van der Waals surface area contributed by atoms with E-state index in [-0.39, 0.29) is 0 Å². The highest BCUT2D eigenvalue weighted by atomic mass is 32.1. The van der Waals surface area contributed by atoms with Crippen molar-refractivity contribution in [3.63, 3.8) is 0 Å². The minimum Gasteiger partial charge on any atom is -0.384 e. The average Bonchev–Trinajstić information content (AvgIpc) is 3.15. The van der Waals surface area contributed by atoms with Crippen molar-refractivity contribution < 1.29 is 0 Å². The molecule has 0 saturated carbocycles. The van der Waals surface area contributed by atoms with Crippen LogP contribution >= 0.6 is 11.3 Å². The minimum atomic E-state index is 0.384. The predicted octanol–water partition coefficient (Wildman–Crippen LogP) is 3.08. The first-order valence-corrected chi connectivity index (χ1v) is 8.38. The van der Waals surface area contributed by atoms with Crippen molar-refractivity contribution in [3.8, 4) is 11.3 Å². The molecule has 4 aromatic rings. The maximum absolute atomic E-state index is 5.80. The van der Waals surface area contributed by atoms with Crippen molar-refractivity contribution in [2.75, 3.05) is 11.5 Å². The Morgan fingerprint density at radius 2 is 1.83 bits per heavy atom. The number of nitrogens with two attached hydrogens (primary N) is 2. The second kappa shape index (κ2) is 5.61. The number of hydrogen-bond acceptors (Lipinski definition) is 6. The lowest BCUT2D eigenvalue weighted by Crippen LogP contribution is -2.02. The third kappa shape index (κ3) is 2.59. The molecule has 0 aliphatic heterocycles. The lowest BCUT2D eigenvalue weighted by atomic mass is 10.1. The topological polar surface area (TPSA) is 95.6 Å². The Bertz CT molecular complexity index is 999. The van der Waals surface area contributed by atoms with Gasteiger partial charge < -0.3 is 16.0 Å². The van der Waals surface area contributed by atoms with Crippen molar-refractivity contribution in [1.29, 1.82) is 0 Å². The van der Waals surface area contributed by atoms with Gasteiger partial charge in [-0.25, -0.2) is 15.0 Å².